The summed E-state index contributed by atoms with van der Waals surface area (Å²) in [6.07, 6.45) is 2.30. The second-order valence-corrected chi connectivity index (χ2v) is 8.98. The SMILES string of the molecule is Cn1c(C(=O)O)c([C@]2(C(N)=O)CCCC[C@H]2C(=O)NCCN2CCOCC2)c2ccccc21. The van der Waals surface area contributed by atoms with E-state index >= 15 is 0 Å². The molecule has 9 heteroatoms. The number of aryl methyl sites for hydroxylation is 1. The predicted molar refractivity (Wildman–Crippen MR) is 123 cm³/mol. The van der Waals surface area contributed by atoms with Crippen molar-refractivity contribution in [2.24, 2.45) is 18.7 Å². The smallest absolute Gasteiger partial charge is 0.352 e. The highest BCUT2D eigenvalue weighted by molar-refractivity contribution is 6.05. The molecule has 33 heavy (non-hydrogen) atoms. The molecule has 2 fully saturated rings. The monoisotopic (exact) mass is 456 g/mol. The average molecular weight is 457 g/mol. The number of carbonyl (C=O) groups is 3. The molecule has 4 rings (SSSR count). The van der Waals surface area contributed by atoms with Gasteiger partial charge in [0.25, 0.3) is 0 Å². The minimum absolute atomic E-state index is 0.0167. The van der Waals surface area contributed by atoms with Gasteiger partial charge in [-0.2, -0.15) is 0 Å². The van der Waals surface area contributed by atoms with Crippen molar-refractivity contribution in [3.05, 3.63) is 35.5 Å². The van der Waals surface area contributed by atoms with Crippen LogP contribution in [0.5, 0.6) is 0 Å². The number of para-hydroxylation sites is 1. The van der Waals surface area contributed by atoms with Gasteiger partial charge < -0.3 is 25.5 Å². The maximum absolute atomic E-state index is 13.4. The van der Waals surface area contributed by atoms with Crippen LogP contribution in [-0.2, 0) is 26.8 Å². The zero-order valence-electron chi connectivity index (χ0n) is 19.0. The van der Waals surface area contributed by atoms with Crippen LogP contribution in [0.1, 0.15) is 41.7 Å². The quantitative estimate of drug-likeness (QED) is 0.575. The molecule has 2 heterocycles. The van der Waals surface area contributed by atoms with Gasteiger partial charge in [-0.1, -0.05) is 31.0 Å². The number of nitrogens with zero attached hydrogens (tertiary/aromatic N) is 2. The fraction of sp³-hybridized carbons (Fsp3) is 0.542. The number of hydrogen-bond acceptors (Lipinski definition) is 5. The third-order valence-electron chi connectivity index (χ3n) is 7.25. The van der Waals surface area contributed by atoms with E-state index in [9.17, 15) is 19.5 Å². The molecule has 2 aromatic rings. The van der Waals surface area contributed by atoms with Crippen LogP contribution in [0, 0.1) is 5.92 Å². The second kappa shape index (κ2) is 9.52. The van der Waals surface area contributed by atoms with Gasteiger partial charge in [-0.15, -0.1) is 0 Å². The van der Waals surface area contributed by atoms with Crippen LogP contribution in [0.25, 0.3) is 10.9 Å². The Bertz CT molecular complexity index is 1060. The minimum atomic E-state index is -1.38. The molecule has 0 spiro atoms. The number of aromatic carboxylic acids is 1. The number of carbonyl (C=O) groups excluding carboxylic acids is 2. The highest BCUT2D eigenvalue weighted by Gasteiger charge is 2.53. The number of nitrogens with two attached hydrogens (primary N) is 1. The number of rotatable bonds is 7. The number of hydrogen-bond donors (Lipinski definition) is 3. The van der Waals surface area contributed by atoms with Gasteiger partial charge in [0.05, 0.1) is 24.5 Å². The number of benzene rings is 1. The van der Waals surface area contributed by atoms with Crippen LogP contribution in [0.3, 0.4) is 0 Å². The van der Waals surface area contributed by atoms with Crippen LogP contribution < -0.4 is 11.1 Å². The van der Waals surface area contributed by atoms with Crippen LogP contribution in [0.2, 0.25) is 0 Å². The molecule has 2 amide bonds. The van der Waals surface area contributed by atoms with Gasteiger partial charge >= 0.3 is 5.97 Å². The van der Waals surface area contributed by atoms with Crippen LogP contribution in [0.15, 0.2) is 24.3 Å². The molecule has 2 aliphatic rings. The van der Waals surface area contributed by atoms with Crippen molar-refractivity contribution in [1.29, 1.82) is 0 Å². The number of aromatic nitrogens is 1. The van der Waals surface area contributed by atoms with E-state index in [1.54, 1.807) is 11.6 Å². The molecule has 1 aromatic carbocycles. The molecule has 0 unspecified atom stereocenters. The summed E-state index contributed by atoms with van der Waals surface area (Å²) in [4.78, 5) is 41.2. The molecule has 178 valence electrons. The first kappa shape index (κ1) is 23.3. The van der Waals surface area contributed by atoms with E-state index in [0.717, 1.165) is 19.5 Å². The highest BCUT2D eigenvalue weighted by atomic mass is 16.5. The van der Waals surface area contributed by atoms with Crippen LogP contribution in [-0.4, -0.2) is 71.7 Å². The second-order valence-electron chi connectivity index (χ2n) is 8.98. The van der Waals surface area contributed by atoms with Gasteiger partial charge in [-0.05, 0) is 18.9 Å². The Labute approximate surface area is 192 Å². The lowest BCUT2D eigenvalue weighted by Gasteiger charge is -2.41. The Morgan fingerprint density at radius 1 is 1.21 bits per heavy atom. The molecule has 4 N–H and O–H groups in total. The first-order chi connectivity index (χ1) is 15.9. The zero-order valence-corrected chi connectivity index (χ0v) is 19.0. The first-order valence-corrected chi connectivity index (χ1v) is 11.6. The molecule has 9 nitrogen and oxygen atoms in total. The normalized spacial score (nSPS) is 24.0. The summed E-state index contributed by atoms with van der Waals surface area (Å²) >= 11 is 0. The van der Waals surface area contributed by atoms with Gasteiger partial charge in [0.1, 0.15) is 5.69 Å². The van der Waals surface area contributed by atoms with Crippen LogP contribution in [0.4, 0.5) is 0 Å². The average Bonchev–Trinajstić information content (AvgIpc) is 3.12. The fourth-order valence-electron chi connectivity index (χ4n) is 5.63. The summed E-state index contributed by atoms with van der Waals surface area (Å²) in [6.45, 7) is 4.15. The van der Waals surface area contributed by atoms with E-state index in [2.05, 4.69) is 10.2 Å². The van der Waals surface area contributed by atoms with E-state index < -0.39 is 23.2 Å². The molecule has 0 radical (unpaired) electrons. The molecule has 1 aromatic heterocycles. The highest BCUT2D eigenvalue weighted by Crippen LogP contribution is 2.48. The van der Waals surface area contributed by atoms with Gasteiger partial charge in [-0.3, -0.25) is 14.5 Å². The number of ether oxygens (including phenoxy) is 1. The Morgan fingerprint density at radius 3 is 2.64 bits per heavy atom. The van der Waals surface area contributed by atoms with Crippen molar-refractivity contribution in [2.45, 2.75) is 31.1 Å². The summed E-state index contributed by atoms with van der Waals surface area (Å²) in [7, 11) is 1.67. The Kier molecular flexibility index (Phi) is 6.71. The van der Waals surface area contributed by atoms with Gasteiger partial charge in [0.2, 0.25) is 11.8 Å². The molecule has 1 aliphatic carbocycles. The van der Waals surface area contributed by atoms with E-state index in [-0.39, 0.29) is 11.6 Å². The van der Waals surface area contributed by atoms with Crippen molar-refractivity contribution in [2.75, 3.05) is 39.4 Å². The number of primary amides is 1. The van der Waals surface area contributed by atoms with Crippen molar-refractivity contribution in [1.82, 2.24) is 14.8 Å². The van der Waals surface area contributed by atoms with Crippen molar-refractivity contribution < 1.29 is 24.2 Å². The first-order valence-electron chi connectivity index (χ1n) is 11.6. The summed E-state index contributed by atoms with van der Waals surface area (Å²) < 4.78 is 6.95. The van der Waals surface area contributed by atoms with E-state index in [4.69, 9.17) is 10.5 Å². The lowest BCUT2D eigenvalue weighted by atomic mass is 9.61. The number of nitrogens with one attached hydrogen (secondary N) is 1. The Hall–Kier alpha value is -2.91. The lowest BCUT2D eigenvalue weighted by Crippen LogP contribution is -2.55. The minimum Gasteiger partial charge on any atom is -0.477 e. The summed E-state index contributed by atoms with van der Waals surface area (Å²) in [5.41, 5.74) is 5.74. The summed E-state index contributed by atoms with van der Waals surface area (Å²) in [6, 6.07) is 7.27. The molecule has 1 saturated carbocycles. The molecular formula is C24H32N4O5. The van der Waals surface area contributed by atoms with Gasteiger partial charge in [-0.25, -0.2) is 4.79 Å². The van der Waals surface area contributed by atoms with Crippen molar-refractivity contribution in [3.8, 4) is 0 Å². The molecule has 1 saturated heterocycles. The third-order valence-corrected chi connectivity index (χ3v) is 7.25. The fourth-order valence-corrected chi connectivity index (χ4v) is 5.63. The Balaban J connectivity index is 1.72. The standard InChI is InChI=1S/C24H32N4O5/c1-27-18-8-3-2-6-16(18)19(20(27)22(30)31)24(23(25)32)9-5-4-7-17(24)21(29)26-10-11-28-12-14-33-15-13-28/h2-3,6,8,17H,4-5,7,9-15H2,1H3,(H2,25,32)(H,26,29)(H,30,31)/t17-,24-/m0/s1. The number of carboxylic acid groups (broad SMARTS) is 1. The largest absolute Gasteiger partial charge is 0.477 e. The Morgan fingerprint density at radius 2 is 1.94 bits per heavy atom. The molecular weight excluding hydrogens is 424 g/mol. The predicted octanol–water partition coefficient (Wildman–Crippen LogP) is 1.24. The molecule has 2 atom stereocenters. The number of amides is 2. The number of fused-ring (bicyclic) bond motifs is 1. The van der Waals surface area contributed by atoms with E-state index in [0.29, 0.717) is 62.0 Å². The van der Waals surface area contributed by atoms with Crippen LogP contribution >= 0.6 is 0 Å². The summed E-state index contributed by atoms with van der Waals surface area (Å²) in [5.74, 6) is -2.75. The van der Waals surface area contributed by atoms with E-state index in [1.807, 2.05) is 24.3 Å². The number of carboxylic acids is 1. The molecule has 1 aliphatic heterocycles. The van der Waals surface area contributed by atoms with Crippen molar-refractivity contribution >= 4 is 28.7 Å². The zero-order chi connectivity index (χ0) is 23.6. The maximum atomic E-state index is 13.4. The topological polar surface area (TPSA) is 127 Å². The molecule has 0 bridgehead atoms. The van der Waals surface area contributed by atoms with Crippen molar-refractivity contribution in [3.63, 3.8) is 0 Å². The van der Waals surface area contributed by atoms with E-state index in [1.165, 1.54) is 0 Å². The third kappa shape index (κ3) is 4.11. The lowest BCUT2D eigenvalue weighted by molar-refractivity contribution is -0.137. The number of morpholine rings is 1. The maximum Gasteiger partial charge on any atom is 0.352 e. The summed E-state index contributed by atoms with van der Waals surface area (Å²) in [5, 5.41) is 13.8. The van der Waals surface area contributed by atoms with Gasteiger partial charge in [0.15, 0.2) is 0 Å². The van der Waals surface area contributed by atoms with Gasteiger partial charge in [0, 0.05) is 49.7 Å².